The number of ether oxygens (including phenoxy) is 2. The SMILES string of the molecule is COCCC[S@](=O)[C@@H]1CCO[C@@H]1C. The summed E-state index contributed by atoms with van der Waals surface area (Å²) in [6.45, 7) is 3.47. The number of hydrogen-bond acceptors (Lipinski definition) is 3. The van der Waals surface area contributed by atoms with E-state index in [2.05, 4.69) is 0 Å². The third-order valence-electron chi connectivity index (χ3n) is 2.34. The molecule has 4 heteroatoms. The Labute approximate surface area is 82.3 Å². The molecule has 1 rings (SSSR count). The quantitative estimate of drug-likeness (QED) is 0.628. The van der Waals surface area contributed by atoms with E-state index in [0.717, 1.165) is 25.2 Å². The van der Waals surface area contributed by atoms with Crippen molar-refractivity contribution in [1.82, 2.24) is 0 Å². The summed E-state index contributed by atoms with van der Waals surface area (Å²) in [5.74, 6) is 0.742. The van der Waals surface area contributed by atoms with E-state index in [-0.39, 0.29) is 11.4 Å². The maximum Gasteiger partial charge on any atom is 0.0691 e. The first-order valence-electron chi connectivity index (χ1n) is 4.73. The Hall–Kier alpha value is 0.0700. The van der Waals surface area contributed by atoms with Crippen LogP contribution < -0.4 is 0 Å². The highest BCUT2D eigenvalue weighted by Gasteiger charge is 2.28. The van der Waals surface area contributed by atoms with Crippen molar-refractivity contribution in [2.45, 2.75) is 31.1 Å². The van der Waals surface area contributed by atoms with Crippen LogP contribution in [0.25, 0.3) is 0 Å². The molecule has 78 valence electrons. The second kappa shape index (κ2) is 5.73. The summed E-state index contributed by atoms with van der Waals surface area (Å²) in [5, 5.41) is 0.247. The van der Waals surface area contributed by atoms with Crippen molar-refractivity contribution in [3.63, 3.8) is 0 Å². The molecule has 1 saturated heterocycles. The molecule has 0 aromatic heterocycles. The molecule has 0 amide bonds. The van der Waals surface area contributed by atoms with E-state index in [1.54, 1.807) is 7.11 Å². The molecule has 0 unspecified atom stereocenters. The lowest BCUT2D eigenvalue weighted by Gasteiger charge is -2.13. The van der Waals surface area contributed by atoms with Crippen molar-refractivity contribution in [3.05, 3.63) is 0 Å². The van der Waals surface area contributed by atoms with Crippen LogP contribution in [0.2, 0.25) is 0 Å². The van der Waals surface area contributed by atoms with Gasteiger partial charge in [0.25, 0.3) is 0 Å². The minimum Gasteiger partial charge on any atom is -0.385 e. The van der Waals surface area contributed by atoms with Crippen LogP contribution in [0.1, 0.15) is 19.8 Å². The maximum atomic E-state index is 11.7. The van der Waals surface area contributed by atoms with Gasteiger partial charge in [0, 0.05) is 36.9 Å². The fraction of sp³-hybridized carbons (Fsp3) is 1.00. The normalized spacial score (nSPS) is 30.6. The summed E-state index contributed by atoms with van der Waals surface area (Å²) >= 11 is 0. The topological polar surface area (TPSA) is 35.5 Å². The van der Waals surface area contributed by atoms with Gasteiger partial charge in [0.15, 0.2) is 0 Å². The van der Waals surface area contributed by atoms with Crippen molar-refractivity contribution in [2.24, 2.45) is 0 Å². The molecule has 0 saturated carbocycles. The van der Waals surface area contributed by atoms with Crippen LogP contribution in [-0.2, 0) is 20.3 Å². The van der Waals surface area contributed by atoms with Crippen molar-refractivity contribution in [1.29, 1.82) is 0 Å². The summed E-state index contributed by atoms with van der Waals surface area (Å²) in [6, 6.07) is 0. The molecule has 3 atom stereocenters. The summed E-state index contributed by atoms with van der Waals surface area (Å²) < 4.78 is 22.0. The monoisotopic (exact) mass is 206 g/mol. The molecule has 1 aliphatic heterocycles. The van der Waals surface area contributed by atoms with E-state index in [1.807, 2.05) is 6.92 Å². The van der Waals surface area contributed by atoms with E-state index >= 15 is 0 Å². The third kappa shape index (κ3) is 3.37. The zero-order valence-corrected chi connectivity index (χ0v) is 9.14. The molecule has 1 fully saturated rings. The van der Waals surface area contributed by atoms with Gasteiger partial charge in [-0.25, -0.2) is 0 Å². The lowest BCUT2D eigenvalue weighted by molar-refractivity contribution is 0.127. The lowest BCUT2D eigenvalue weighted by Crippen LogP contribution is -2.25. The van der Waals surface area contributed by atoms with Crippen LogP contribution >= 0.6 is 0 Å². The first-order chi connectivity index (χ1) is 6.25. The van der Waals surface area contributed by atoms with Gasteiger partial charge in [-0.1, -0.05) is 0 Å². The zero-order chi connectivity index (χ0) is 9.68. The van der Waals surface area contributed by atoms with Gasteiger partial charge < -0.3 is 9.47 Å². The molecule has 3 nitrogen and oxygen atoms in total. The van der Waals surface area contributed by atoms with E-state index in [0.29, 0.717) is 6.61 Å². The van der Waals surface area contributed by atoms with Crippen molar-refractivity contribution in [3.8, 4) is 0 Å². The molecule has 1 heterocycles. The lowest BCUT2D eigenvalue weighted by atomic mass is 10.3. The van der Waals surface area contributed by atoms with Crippen molar-refractivity contribution >= 4 is 10.8 Å². The minimum atomic E-state index is -0.732. The molecule has 0 aromatic carbocycles. The minimum absolute atomic E-state index is 0.170. The molecule has 13 heavy (non-hydrogen) atoms. The Morgan fingerprint density at radius 2 is 2.38 bits per heavy atom. The van der Waals surface area contributed by atoms with Crippen molar-refractivity contribution in [2.75, 3.05) is 26.1 Å². The van der Waals surface area contributed by atoms with Gasteiger partial charge in [0.1, 0.15) is 0 Å². The number of methoxy groups -OCH3 is 1. The molecule has 0 bridgehead atoms. The fourth-order valence-electron chi connectivity index (χ4n) is 1.55. The number of hydrogen-bond donors (Lipinski definition) is 0. The highest BCUT2D eigenvalue weighted by Crippen LogP contribution is 2.19. The van der Waals surface area contributed by atoms with Crippen LogP contribution in [-0.4, -0.2) is 41.6 Å². The first kappa shape index (κ1) is 11.1. The van der Waals surface area contributed by atoms with Gasteiger partial charge in [-0.3, -0.25) is 4.21 Å². The van der Waals surface area contributed by atoms with Crippen LogP contribution in [0, 0.1) is 0 Å². The standard InChI is InChI=1S/C9H18O3S/c1-8-9(4-6-12-8)13(10)7-3-5-11-2/h8-9H,3-7H2,1-2H3/t8-,9-,13+/m1/s1. The predicted octanol–water partition coefficient (Wildman–Crippen LogP) is 0.949. The van der Waals surface area contributed by atoms with E-state index in [1.165, 1.54) is 0 Å². The average Bonchev–Trinajstić information content (AvgIpc) is 2.52. The number of rotatable bonds is 5. The summed E-state index contributed by atoms with van der Waals surface area (Å²) in [6.07, 6.45) is 2.00. The summed E-state index contributed by atoms with van der Waals surface area (Å²) in [5.41, 5.74) is 0. The molecule has 0 aliphatic carbocycles. The van der Waals surface area contributed by atoms with Crippen LogP contribution in [0.5, 0.6) is 0 Å². The summed E-state index contributed by atoms with van der Waals surface area (Å²) in [4.78, 5) is 0. The predicted molar refractivity (Wildman–Crippen MR) is 53.3 cm³/mol. The molecule has 0 aromatic rings. The van der Waals surface area contributed by atoms with Gasteiger partial charge in [-0.05, 0) is 19.8 Å². The van der Waals surface area contributed by atoms with E-state index < -0.39 is 10.8 Å². The Morgan fingerprint density at radius 3 is 2.92 bits per heavy atom. The van der Waals surface area contributed by atoms with E-state index in [9.17, 15) is 4.21 Å². The molecule has 0 spiro atoms. The maximum absolute atomic E-state index is 11.7. The van der Waals surface area contributed by atoms with Gasteiger partial charge in [0.2, 0.25) is 0 Å². The molecule has 1 aliphatic rings. The Kier molecular flexibility index (Phi) is 4.91. The van der Waals surface area contributed by atoms with Gasteiger partial charge >= 0.3 is 0 Å². The summed E-state index contributed by atoms with van der Waals surface area (Å²) in [7, 11) is 0.939. The average molecular weight is 206 g/mol. The highest BCUT2D eigenvalue weighted by molar-refractivity contribution is 7.85. The van der Waals surface area contributed by atoms with Gasteiger partial charge in [-0.2, -0.15) is 0 Å². The van der Waals surface area contributed by atoms with Gasteiger partial charge in [-0.15, -0.1) is 0 Å². The van der Waals surface area contributed by atoms with Crippen LogP contribution in [0.3, 0.4) is 0 Å². The molecule has 0 radical (unpaired) electrons. The smallest absolute Gasteiger partial charge is 0.0691 e. The second-order valence-corrected chi connectivity index (χ2v) is 5.11. The largest absolute Gasteiger partial charge is 0.385 e. The van der Waals surface area contributed by atoms with Crippen LogP contribution in [0.4, 0.5) is 0 Å². The Balaban J connectivity index is 2.22. The van der Waals surface area contributed by atoms with Crippen molar-refractivity contribution < 1.29 is 13.7 Å². The molecular weight excluding hydrogens is 188 g/mol. The zero-order valence-electron chi connectivity index (χ0n) is 8.32. The van der Waals surface area contributed by atoms with E-state index in [4.69, 9.17) is 9.47 Å². The Morgan fingerprint density at radius 1 is 1.62 bits per heavy atom. The molecule has 0 N–H and O–H groups in total. The Bertz CT molecular complexity index is 172. The fourth-order valence-corrected chi connectivity index (χ4v) is 3.12. The first-order valence-corrected chi connectivity index (χ1v) is 6.11. The van der Waals surface area contributed by atoms with Crippen LogP contribution in [0.15, 0.2) is 0 Å². The van der Waals surface area contributed by atoms with Gasteiger partial charge in [0.05, 0.1) is 11.4 Å². The molecular formula is C9H18O3S. The highest BCUT2D eigenvalue weighted by atomic mass is 32.2. The second-order valence-electron chi connectivity index (χ2n) is 3.33. The third-order valence-corrected chi connectivity index (χ3v) is 4.32.